The molecule has 5 nitrogen and oxygen atoms in total. The van der Waals surface area contributed by atoms with Gasteiger partial charge in [-0.25, -0.2) is 4.39 Å². The molecular formula is C10H16FN3O2S. The second-order valence-corrected chi connectivity index (χ2v) is 5.01. The van der Waals surface area contributed by atoms with Gasteiger partial charge < -0.3 is 5.73 Å². The van der Waals surface area contributed by atoms with Crippen LogP contribution in [-0.2, 0) is 16.8 Å². The van der Waals surface area contributed by atoms with Crippen LogP contribution in [0.15, 0.2) is 18.2 Å². The molecule has 0 aliphatic rings. The van der Waals surface area contributed by atoms with Crippen LogP contribution >= 0.6 is 0 Å². The van der Waals surface area contributed by atoms with Gasteiger partial charge in [-0.05, 0) is 24.6 Å². The van der Waals surface area contributed by atoms with Crippen LogP contribution in [0.5, 0.6) is 0 Å². The lowest BCUT2D eigenvalue weighted by molar-refractivity contribution is 0.586. The Balaban J connectivity index is 2.81. The molecule has 0 atom stereocenters. The van der Waals surface area contributed by atoms with E-state index in [1.165, 1.54) is 18.2 Å². The van der Waals surface area contributed by atoms with Crippen LogP contribution in [0.3, 0.4) is 0 Å². The van der Waals surface area contributed by atoms with Gasteiger partial charge in [0, 0.05) is 18.7 Å². The largest absolute Gasteiger partial charge is 0.326 e. The molecule has 0 radical (unpaired) electrons. The van der Waals surface area contributed by atoms with E-state index >= 15 is 0 Å². The first-order valence-corrected chi connectivity index (χ1v) is 6.72. The van der Waals surface area contributed by atoms with Gasteiger partial charge in [0.2, 0.25) is 0 Å². The molecule has 0 bridgehead atoms. The summed E-state index contributed by atoms with van der Waals surface area (Å²) in [5.74, 6) is -0.447. The van der Waals surface area contributed by atoms with Crippen LogP contribution in [-0.4, -0.2) is 15.0 Å². The number of halogens is 1. The molecule has 96 valence electrons. The van der Waals surface area contributed by atoms with E-state index in [9.17, 15) is 12.8 Å². The predicted molar refractivity (Wildman–Crippen MR) is 65.1 cm³/mol. The van der Waals surface area contributed by atoms with E-state index in [4.69, 9.17) is 5.73 Å². The third-order valence-corrected chi connectivity index (χ3v) is 3.15. The van der Waals surface area contributed by atoms with Crippen molar-refractivity contribution in [3.63, 3.8) is 0 Å². The van der Waals surface area contributed by atoms with Gasteiger partial charge in [-0.2, -0.15) is 13.1 Å². The molecule has 0 heterocycles. The summed E-state index contributed by atoms with van der Waals surface area (Å²) < 4.78 is 40.8. The summed E-state index contributed by atoms with van der Waals surface area (Å²) >= 11 is 0. The minimum absolute atomic E-state index is 0.0176. The molecule has 0 saturated carbocycles. The Bertz CT molecular complexity index is 476. The van der Waals surface area contributed by atoms with Crippen LogP contribution in [0.1, 0.15) is 18.9 Å². The van der Waals surface area contributed by atoms with Crippen molar-refractivity contribution in [2.24, 2.45) is 5.73 Å². The van der Waals surface area contributed by atoms with Gasteiger partial charge in [-0.3, -0.25) is 4.72 Å². The average molecular weight is 261 g/mol. The van der Waals surface area contributed by atoms with Crippen molar-refractivity contribution >= 4 is 15.9 Å². The van der Waals surface area contributed by atoms with Gasteiger partial charge in [-0.1, -0.05) is 6.92 Å². The summed E-state index contributed by atoms with van der Waals surface area (Å²) in [6.07, 6.45) is 0.693. The minimum atomic E-state index is -3.60. The summed E-state index contributed by atoms with van der Waals surface area (Å²) in [7, 11) is -3.60. The summed E-state index contributed by atoms with van der Waals surface area (Å²) in [5, 5.41) is 0. The Hall–Kier alpha value is -1.18. The van der Waals surface area contributed by atoms with Crippen LogP contribution < -0.4 is 15.2 Å². The molecule has 0 spiro atoms. The number of rotatable bonds is 6. The Labute approximate surface area is 100 Å². The maximum absolute atomic E-state index is 13.1. The van der Waals surface area contributed by atoms with Crippen LogP contribution in [0.2, 0.25) is 0 Å². The molecule has 0 unspecified atom stereocenters. The molecule has 0 aliphatic heterocycles. The van der Waals surface area contributed by atoms with E-state index in [0.717, 1.165) is 0 Å². The molecule has 0 aromatic heterocycles. The molecular weight excluding hydrogens is 245 g/mol. The smallest absolute Gasteiger partial charge is 0.299 e. The second kappa shape index (κ2) is 5.95. The lowest BCUT2D eigenvalue weighted by Gasteiger charge is -2.10. The quantitative estimate of drug-likeness (QED) is 0.712. The summed E-state index contributed by atoms with van der Waals surface area (Å²) in [5.41, 5.74) is 5.88. The molecule has 1 aromatic rings. The fraction of sp³-hybridized carbons (Fsp3) is 0.400. The zero-order valence-corrected chi connectivity index (χ0v) is 10.3. The Morgan fingerprint density at radius 2 is 2.12 bits per heavy atom. The SMILES string of the molecule is CCCNS(=O)(=O)Nc1ccc(F)c(CN)c1. The highest BCUT2D eigenvalue weighted by molar-refractivity contribution is 7.90. The van der Waals surface area contributed by atoms with E-state index in [0.29, 0.717) is 13.0 Å². The first-order valence-electron chi connectivity index (χ1n) is 5.24. The van der Waals surface area contributed by atoms with E-state index in [1.807, 2.05) is 6.92 Å². The van der Waals surface area contributed by atoms with Gasteiger partial charge in [0.1, 0.15) is 5.82 Å². The number of nitrogens with two attached hydrogens (primary N) is 1. The molecule has 1 rings (SSSR count). The molecule has 0 aliphatic carbocycles. The van der Waals surface area contributed by atoms with Crippen LogP contribution in [0.25, 0.3) is 0 Å². The molecule has 0 saturated heterocycles. The van der Waals surface area contributed by atoms with Crippen molar-refractivity contribution in [3.8, 4) is 0 Å². The fourth-order valence-electron chi connectivity index (χ4n) is 1.22. The van der Waals surface area contributed by atoms with Gasteiger partial charge in [0.25, 0.3) is 10.2 Å². The normalized spacial score (nSPS) is 11.5. The molecule has 4 N–H and O–H groups in total. The van der Waals surface area contributed by atoms with Crippen molar-refractivity contribution < 1.29 is 12.8 Å². The fourth-order valence-corrected chi connectivity index (χ4v) is 2.20. The molecule has 1 aromatic carbocycles. The number of benzene rings is 1. The molecule has 17 heavy (non-hydrogen) atoms. The number of anilines is 1. The van der Waals surface area contributed by atoms with Crippen molar-refractivity contribution in [3.05, 3.63) is 29.6 Å². The first kappa shape index (κ1) is 13.9. The van der Waals surface area contributed by atoms with Crippen molar-refractivity contribution in [2.45, 2.75) is 19.9 Å². The first-order chi connectivity index (χ1) is 7.98. The number of nitrogens with one attached hydrogen (secondary N) is 2. The zero-order chi connectivity index (χ0) is 12.9. The average Bonchev–Trinajstić information content (AvgIpc) is 2.29. The highest BCUT2D eigenvalue weighted by atomic mass is 32.2. The zero-order valence-electron chi connectivity index (χ0n) is 9.53. The summed E-state index contributed by atoms with van der Waals surface area (Å²) in [4.78, 5) is 0. The Morgan fingerprint density at radius 3 is 2.71 bits per heavy atom. The van der Waals surface area contributed by atoms with E-state index in [-0.39, 0.29) is 17.8 Å². The topological polar surface area (TPSA) is 84.2 Å². The number of hydrogen-bond donors (Lipinski definition) is 3. The van der Waals surface area contributed by atoms with Crippen LogP contribution in [0, 0.1) is 5.82 Å². The monoisotopic (exact) mass is 261 g/mol. The third kappa shape index (κ3) is 4.29. The molecule has 0 fully saturated rings. The highest BCUT2D eigenvalue weighted by Crippen LogP contribution is 2.15. The lowest BCUT2D eigenvalue weighted by Crippen LogP contribution is -2.30. The van der Waals surface area contributed by atoms with E-state index in [2.05, 4.69) is 9.44 Å². The van der Waals surface area contributed by atoms with Gasteiger partial charge in [0.15, 0.2) is 0 Å². The molecule has 0 amide bonds. The third-order valence-electron chi connectivity index (χ3n) is 2.06. The van der Waals surface area contributed by atoms with Gasteiger partial charge in [-0.15, -0.1) is 0 Å². The number of hydrogen-bond acceptors (Lipinski definition) is 3. The van der Waals surface area contributed by atoms with Crippen LogP contribution in [0.4, 0.5) is 10.1 Å². The Morgan fingerprint density at radius 1 is 1.41 bits per heavy atom. The van der Waals surface area contributed by atoms with E-state index in [1.54, 1.807) is 0 Å². The summed E-state index contributed by atoms with van der Waals surface area (Å²) in [6.45, 7) is 2.22. The standard InChI is InChI=1S/C10H16FN3O2S/c1-2-5-13-17(15,16)14-9-3-4-10(11)8(6-9)7-12/h3-4,6,13-14H,2,5,7,12H2,1H3. The van der Waals surface area contributed by atoms with Gasteiger partial charge >= 0.3 is 0 Å². The van der Waals surface area contributed by atoms with Crippen molar-refractivity contribution in [1.82, 2.24) is 4.72 Å². The highest BCUT2D eigenvalue weighted by Gasteiger charge is 2.09. The maximum atomic E-state index is 13.1. The van der Waals surface area contributed by atoms with Gasteiger partial charge in [0.05, 0.1) is 5.69 Å². The minimum Gasteiger partial charge on any atom is -0.326 e. The molecule has 7 heteroatoms. The van der Waals surface area contributed by atoms with Crippen molar-refractivity contribution in [2.75, 3.05) is 11.3 Å². The summed E-state index contributed by atoms with van der Waals surface area (Å²) in [6, 6.07) is 3.90. The maximum Gasteiger partial charge on any atom is 0.299 e. The Kier molecular flexibility index (Phi) is 4.86. The lowest BCUT2D eigenvalue weighted by atomic mass is 10.2. The van der Waals surface area contributed by atoms with E-state index < -0.39 is 16.0 Å². The second-order valence-electron chi connectivity index (χ2n) is 3.51. The predicted octanol–water partition coefficient (Wildman–Crippen LogP) is 0.941. The van der Waals surface area contributed by atoms with Crippen molar-refractivity contribution in [1.29, 1.82) is 0 Å².